The second-order valence-corrected chi connectivity index (χ2v) is 17.0. The standard InChI is InChI=1S/C41H59NO8/c1-25(12-15-37(46)50-41(18-20-42-21-19-41)29-10-8-7-9-11-29)32-13-14-33-38-34(24-36(40(32,33)6)49-28(4)45)39(5)17-16-31(47-26(2)43)22-30(39)23-35(38)48-27(3)44/h7-11,25,30-36,38,42H,12-24H2,1-6H3/p+1/t25-,30+,31?,32-,33+,34+,35?,36?,38+,39+,40-/m1/s1. The van der Waals surface area contributed by atoms with Crippen molar-refractivity contribution in [1.29, 1.82) is 0 Å². The monoisotopic (exact) mass is 694 g/mol. The molecule has 276 valence electrons. The Bertz CT molecular complexity index is 1410. The van der Waals surface area contributed by atoms with Crippen LogP contribution in [-0.2, 0) is 43.7 Å². The van der Waals surface area contributed by atoms with Gasteiger partial charge in [0.1, 0.15) is 23.9 Å². The number of hydrogen-bond acceptors (Lipinski definition) is 8. The molecule has 9 heteroatoms. The van der Waals surface area contributed by atoms with Gasteiger partial charge in [-0.05, 0) is 91.9 Å². The Morgan fingerprint density at radius 1 is 0.820 bits per heavy atom. The highest BCUT2D eigenvalue weighted by molar-refractivity contribution is 5.70. The second-order valence-electron chi connectivity index (χ2n) is 17.0. The van der Waals surface area contributed by atoms with E-state index in [0.717, 1.165) is 76.4 Å². The fourth-order valence-electron chi connectivity index (χ4n) is 12.1. The van der Waals surface area contributed by atoms with E-state index in [9.17, 15) is 19.2 Å². The molecule has 0 bridgehead atoms. The van der Waals surface area contributed by atoms with Gasteiger partial charge < -0.3 is 24.3 Å². The van der Waals surface area contributed by atoms with Crippen molar-refractivity contribution in [2.75, 3.05) is 13.1 Å². The van der Waals surface area contributed by atoms with Crippen LogP contribution < -0.4 is 5.32 Å². The molecule has 5 aliphatic rings. The number of carbonyl (C=O) groups excluding carboxylic acids is 4. The van der Waals surface area contributed by atoms with Crippen LogP contribution in [-0.4, -0.2) is 55.3 Å². The summed E-state index contributed by atoms with van der Waals surface area (Å²) in [7, 11) is 0. The SMILES string of the molecule is CC(=O)OC1CC[C@@]2(C)[C@@H](C1)CC(OC(C)=O)[C@@H]1[C@@H]2CC(OC(C)=O)[C@]2(C)[C@@H]([C@H](C)CCC(=O)OC3(c4ccccc4)CC[NH2+]CC3)CC[C@@H]12. The molecule has 4 saturated carbocycles. The minimum Gasteiger partial charge on any atom is -0.463 e. The summed E-state index contributed by atoms with van der Waals surface area (Å²) in [5.41, 5.74) is 0.137. The lowest BCUT2D eigenvalue weighted by molar-refractivity contribution is -0.668. The molecule has 1 aromatic rings. The predicted octanol–water partition coefficient (Wildman–Crippen LogP) is 5.87. The van der Waals surface area contributed by atoms with Crippen LogP contribution in [0.4, 0.5) is 0 Å². The first-order chi connectivity index (χ1) is 23.8. The van der Waals surface area contributed by atoms with Gasteiger partial charge in [-0.15, -0.1) is 0 Å². The van der Waals surface area contributed by atoms with Crippen molar-refractivity contribution in [3.05, 3.63) is 35.9 Å². The molecule has 3 unspecified atom stereocenters. The fourth-order valence-corrected chi connectivity index (χ4v) is 12.1. The Morgan fingerprint density at radius 2 is 1.50 bits per heavy atom. The molecule has 4 aliphatic carbocycles. The van der Waals surface area contributed by atoms with Gasteiger partial charge >= 0.3 is 23.9 Å². The van der Waals surface area contributed by atoms with Gasteiger partial charge in [-0.2, -0.15) is 0 Å². The van der Waals surface area contributed by atoms with Crippen molar-refractivity contribution in [3.8, 4) is 0 Å². The number of ether oxygens (including phenoxy) is 4. The predicted molar refractivity (Wildman–Crippen MR) is 186 cm³/mol. The average molecular weight is 695 g/mol. The Morgan fingerprint density at radius 3 is 2.16 bits per heavy atom. The van der Waals surface area contributed by atoms with Crippen LogP contribution in [0.25, 0.3) is 0 Å². The maximum atomic E-state index is 13.6. The van der Waals surface area contributed by atoms with E-state index in [4.69, 9.17) is 18.9 Å². The van der Waals surface area contributed by atoms with Crippen molar-refractivity contribution in [3.63, 3.8) is 0 Å². The summed E-state index contributed by atoms with van der Waals surface area (Å²) in [6, 6.07) is 10.2. The molecule has 0 radical (unpaired) electrons. The maximum absolute atomic E-state index is 13.6. The van der Waals surface area contributed by atoms with E-state index in [1.54, 1.807) is 0 Å². The Labute approximate surface area is 298 Å². The topological polar surface area (TPSA) is 122 Å². The van der Waals surface area contributed by atoms with E-state index < -0.39 is 5.60 Å². The number of hydrogen-bond donors (Lipinski definition) is 1. The molecular formula is C41H60NO8+. The van der Waals surface area contributed by atoms with Gasteiger partial charge in [-0.3, -0.25) is 19.2 Å². The highest BCUT2D eigenvalue weighted by Crippen LogP contribution is 2.69. The normalized spacial score (nSPS) is 38.0. The molecule has 0 amide bonds. The van der Waals surface area contributed by atoms with Gasteiger partial charge in [-0.25, -0.2) is 0 Å². The van der Waals surface area contributed by atoms with Crippen molar-refractivity contribution in [2.45, 2.75) is 136 Å². The van der Waals surface area contributed by atoms with Crippen LogP contribution in [0.2, 0.25) is 0 Å². The quantitative estimate of drug-likeness (QED) is 0.252. The fraction of sp³-hybridized carbons (Fsp3) is 0.756. The summed E-state index contributed by atoms with van der Waals surface area (Å²) >= 11 is 0. The first-order valence-electron chi connectivity index (χ1n) is 19.4. The summed E-state index contributed by atoms with van der Waals surface area (Å²) < 4.78 is 24.6. The van der Waals surface area contributed by atoms with Crippen LogP contribution in [0, 0.1) is 46.3 Å². The zero-order valence-corrected chi connectivity index (χ0v) is 31.1. The Kier molecular flexibility index (Phi) is 10.7. The van der Waals surface area contributed by atoms with Crippen LogP contribution in [0.5, 0.6) is 0 Å². The minimum atomic E-state index is -0.572. The van der Waals surface area contributed by atoms with Gasteiger partial charge in [0.15, 0.2) is 0 Å². The Balaban J connectivity index is 1.22. The number of quaternary nitrogens is 1. The molecule has 1 aliphatic heterocycles. The molecule has 0 spiro atoms. The molecule has 1 saturated heterocycles. The number of carbonyl (C=O) groups is 4. The van der Waals surface area contributed by atoms with E-state index in [1.807, 2.05) is 18.2 Å². The van der Waals surface area contributed by atoms with Crippen molar-refractivity contribution in [2.24, 2.45) is 46.3 Å². The number of benzene rings is 1. The summed E-state index contributed by atoms with van der Waals surface area (Å²) in [6.07, 6.45) is 7.95. The van der Waals surface area contributed by atoms with Crippen LogP contribution in [0.15, 0.2) is 30.3 Å². The third-order valence-corrected chi connectivity index (χ3v) is 14.3. The Hall–Kier alpha value is -2.94. The first-order valence-corrected chi connectivity index (χ1v) is 19.4. The lowest BCUT2D eigenvalue weighted by Gasteiger charge is -2.64. The smallest absolute Gasteiger partial charge is 0.306 e. The van der Waals surface area contributed by atoms with E-state index in [0.29, 0.717) is 12.8 Å². The van der Waals surface area contributed by atoms with Gasteiger partial charge in [0, 0.05) is 51.4 Å². The largest absolute Gasteiger partial charge is 0.463 e. The van der Waals surface area contributed by atoms with E-state index >= 15 is 0 Å². The molecule has 5 fully saturated rings. The molecule has 1 aromatic carbocycles. The van der Waals surface area contributed by atoms with Gasteiger partial charge in [0.05, 0.1) is 13.1 Å². The first kappa shape index (κ1) is 36.8. The average Bonchev–Trinajstić information content (AvgIpc) is 3.43. The maximum Gasteiger partial charge on any atom is 0.306 e. The van der Waals surface area contributed by atoms with Crippen LogP contribution in [0.3, 0.4) is 0 Å². The highest BCUT2D eigenvalue weighted by atomic mass is 16.6. The molecular weight excluding hydrogens is 634 g/mol. The van der Waals surface area contributed by atoms with Crippen LogP contribution >= 0.6 is 0 Å². The van der Waals surface area contributed by atoms with Gasteiger partial charge in [0.25, 0.3) is 0 Å². The third-order valence-electron chi connectivity index (χ3n) is 14.3. The highest BCUT2D eigenvalue weighted by Gasteiger charge is 2.67. The molecule has 50 heavy (non-hydrogen) atoms. The number of fused-ring (bicyclic) bond motifs is 5. The van der Waals surface area contributed by atoms with Crippen molar-refractivity contribution < 1.29 is 43.4 Å². The van der Waals surface area contributed by atoms with Gasteiger partial charge in [0.2, 0.25) is 0 Å². The third kappa shape index (κ3) is 6.97. The number of rotatable bonds is 9. The lowest BCUT2D eigenvalue weighted by atomic mass is 9.43. The zero-order chi connectivity index (χ0) is 35.8. The van der Waals surface area contributed by atoms with E-state index in [-0.39, 0.29) is 88.5 Å². The lowest BCUT2D eigenvalue weighted by Crippen LogP contribution is -2.87. The van der Waals surface area contributed by atoms with E-state index in [1.165, 1.54) is 20.8 Å². The molecule has 1 heterocycles. The van der Waals surface area contributed by atoms with Crippen molar-refractivity contribution >= 4 is 23.9 Å². The van der Waals surface area contributed by atoms with Gasteiger partial charge in [-0.1, -0.05) is 51.1 Å². The van der Waals surface area contributed by atoms with Crippen molar-refractivity contribution in [1.82, 2.24) is 0 Å². The summed E-state index contributed by atoms with van der Waals surface area (Å²) in [5.74, 6) is 0.311. The molecule has 9 nitrogen and oxygen atoms in total. The second kappa shape index (κ2) is 14.6. The number of nitrogens with two attached hydrogens (primary N) is 1. The minimum absolute atomic E-state index is 0.0449. The molecule has 6 rings (SSSR count). The zero-order valence-electron chi connectivity index (χ0n) is 31.1. The van der Waals surface area contributed by atoms with Crippen LogP contribution in [0.1, 0.15) is 118 Å². The summed E-state index contributed by atoms with van der Waals surface area (Å²) in [4.78, 5) is 50.8. The molecule has 0 aromatic heterocycles. The summed E-state index contributed by atoms with van der Waals surface area (Å²) in [5, 5.41) is 2.29. The van der Waals surface area contributed by atoms with E-state index in [2.05, 4.69) is 38.2 Å². The molecule has 2 N–H and O–H groups in total. The number of esters is 4. The molecule has 11 atom stereocenters. The summed E-state index contributed by atoms with van der Waals surface area (Å²) in [6.45, 7) is 13.3. The number of piperidine rings is 1.